The van der Waals surface area contributed by atoms with Crippen molar-refractivity contribution in [3.8, 4) is 0 Å². The van der Waals surface area contributed by atoms with E-state index in [9.17, 15) is 0 Å². The highest BCUT2D eigenvalue weighted by atomic mass is 16.6. The molecule has 2 aliphatic heterocycles. The van der Waals surface area contributed by atoms with Crippen molar-refractivity contribution in [2.75, 3.05) is 40.6 Å². The van der Waals surface area contributed by atoms with Gasteiger partial charge in [-0.15, -0.1) is 0 Å². The number of methoxy groups -OCH3 is 1. The van der Waals surface area contributed by atoms with E-state index in [1.807, 2.05) is 0 Å². The molecule has 108 valence electrons. The Balaban J connectivity index is 0.000000157. The van der Waals surface area contributed by atoms with Crippen molar-refractivity contribution >= 4 is 0 Å². The summed E-state index contributed by atoms with van der Waals surface area (Å²) in [4.78, 5) is 0. The van der Waals surface area contributed by atoms with Crippen LogP contribution in [0.25, 0.3) is 0 Å². The zero-order chi connectivity index (χ0) is 13.1. The standard InChI is InChI=1S/C6H10O3.C6H12.C2H6O/c1(5-3-8-5)7-2-6-4-9-6;1-2-4-6-5-3-1;1-3-2/h5-6H,1-4H2;1-6H2;1-2H3. The maximum atomic E-state index is 5.23. The molecule has 3 fully saturated rings. The second kappa shape index (κ2) is 10.7. The fourth-order valence-electron chi connectivity index (χ4n) is 1.72. The van der Waals surface area contributed by atoms with Gasteiger partial charge in [-0.3, -0.25) is 0 Å². The van der Waals surface area contributed by atoms with Gasteiger partial charge in [0, 0.05) is 14.2 Å². The Hall–Kier alpha value is -0.160. The van der Waals surface area contributed by atoms with E-state index >= 15 is 0 Å². The summed E-state index contributed by atoms with van der Waals surface area (Å²) in [6.07, 6.45) is 9.78. The highest BCUT2D eigenvalue weighted by molar-refractivity contribution is 4.71. The molecule has 4 nitrogen and oxygen atoms in total. The summed E-state index contributed by atoms with van der Waals surface area (Å²) in [6.45, 7) is 3.26. The number of hydrogen-bond donors (Lipinski definition) is 0. The first kappa shape index (κ1) is 15.9. The Bertz CT molecular complexity index is 151. The topological polar surface area (TPSA) is 43.5 Å². The van der Waals surface area contributed by atoms with E-state index < -0.39 is 0 Å². The van der Waals surface area contributed by atoms with Gasteiger partial charge in [0.05, 0.1) is 26.4 Å². The molecule has 4 heteroatoms. The quantitative estimate of drug-likeness (QED) is 0.728. The molecule has 3 aliphatic rings. The van der Waals surface area contributed by atoms with Crippen LogP contribution >= 0.6 is 0 Å². The van der Waals surface area contributed by atoms with Gasteiger partial charge >= 0.3 is 0 Å². The molecule has 2 atom stereocenters. The van der Waals surface area contributed by atoms with Crippen molar-refractivity contribution in [1.29, 1.82) is 0 Å². The van der Waals surface area contributed by atoms with Crippen molar-refractivity contribution in [3.63, 3.8) is 0 Å². The summed E-state index contributed by atoms with van der Waals surface area (Å²) < 4.78 is 19.4. The largest absolute Gasteiger partial charge is 0.388 e. The van der Waals surface area contributed by atoms with Crippen LogP contribution < -0.4 is 0 Å². The van der Waals surface area contributed by atoms with Crippen LogP contribution in [0.4, 0.5) is 0 Å². The lowest BCUT2D eigenvalue weighted by atomic mass is 10.0. The molecule has 0 bridgehead atoms. The van der Waals surface area contributed by atoms with Crippen molar-refractivity contribution in [1.82, 2.24) is 0 Å². The number of hydrogen-bond acceptors (Lipinski definition) is 4. The third kappa shape index (κ3) is 11.0. The van der Waals surface area contributed by atoms with Crippen LogP contribution in [0.5, 0.6) is 0 Å². The maximum Gasteiger partial charge on any atom is 0.104 e. The van der Waals surface area contributed by atoms with Gasteiger partial charge < -0.3 is 18.9 Å². The van der Waals surface area contributed by atoms with Gasteiger partial charge in [0.2, 0.25) is 0 Å². The molecule has 0 amide bonds. The molecule has 2 unspecified atom stereocenters. The summed E-state index contributed by atoms with van der Waals surface area (Å²) in [5.74, 6) is 0. The normalized spacial score (nSPS) is 28.3. The number of epoxide rings is 2. The average molecular weight is 260 g/mol. The molecule has 0 aromatic heterocycles. The molecule has 0 aromatic rings. The van der Waals surface area contributed by atoms with E-state index in [4.69, 9.17) is 14.2 Å². The predicted molar refractivity (Wildman–Crippen MR) is 70.9 cm³/mol. The van der Waals surface area contributed by atoms with Crippen LogP contribution in [0.2, 0.25) is 0 Å². The monoisotopic (exact) mass is 260 g/mol. The molecular weight excluding hydrogens is 232 g/mol. The fraction of sp³-hybridized carbons (Fsp3) is 1.00. The van der Waals surface area contributed by atoms with Crippen LogP contribution in [0, 0.1) is 0 Å². The van der Waals surface area contributed by atoms with Gasteiger partial charge in [-0.1, -0.05) is 38.5 Å². The molecule has 1 aliphatic carbocycles. The lowest BCUT2D eigenvalue weighted by molar-refractivity contribution is 0.102. The number of rotatable bonds is 4. The lowest BCUT2D eigenvalue weighted by Crippen LogP contribution is -2.06. The van der Waals surface area contributed by atoms with Crippen LogP contribution in [0.1, 0.15) is 38.5 Å². The molecule has 2 saturated heterocycles. The zero-order valence-electron chi connectivity index (χ0n) is 11.9. The number of ether oxygens (including phenoxy) is 4. The molecular formula is C14H28O4. The lowest BCUT2D eigenvalue weighted by Gasteiger charge is -2.05. The third-order valence-electron chi connectivity index (χ3n) is 2.91. The first-order chi connectivity index (χ1) is 8.86. The maximum absolute atomic E-state index is 5.23. The summed E-state index contributed by atoms with van der Waals surface area (Å²) in [7, 11) is 3.25. The molecule has 0 N–H and O–H groups in total. The first-order valence-electron chi connectivity index (χ1n) is 7.08. The van der Waals surface area contributed by atoms with E-state index in [-0.39, 0.29) is 0 Å². The first-order valence-corrected chi connectivity index (χ1v) is 7.08. The van der Waals surface area contributed by atoms with E-state index in [0.29, 0.717) is 12.2 Å². The minimum Gasteiger partial charge on any atom is -0.388 e. The molecule has 1 saturated carbocycles. The van der Waals surface area contributed by atoms with Gasteiger partial charge in [-0.2, -0.15) is 0 Å². The third-order valence-corrected chi connectivity index (χ3v) is 2.91. The van der Waals surface area contributed by atoms with Crippen molar-refractivity contribution in [2.24, 2.45) is 0 Å². The summed E-state index contributed by atoms with van der Waals surface area (Å²) in [6, 6.07) is 0. The predicted octanol–water partition coefficient (Wildman–Crippen LogP) is 2.40. The molecule has 2 heterocycles. The Morgan fingerprint density at radius 3 is 1.28 bits per heavy atom. The van der Waals surface area contributed by atoms with Crippen molar-refractivity contribution in [2.45, 2.75) is 50.7 Å². The summed E-state index contributed by atoms with van der Waals surface area (Å²) in [5.41, 5.74) is 0. The van der Waals surface area contributed by atoms with Crippen LogP contribution in [-0.2, 0) is 18.9 Å². The van der Waals surface area contributed by atoms with Gasteiger partial charge in [0.1, 0.15) is 12.2 Å². The fourth-order valence-corrected chi connectivity index (χ4v) is 1.72. The average Bonchev–Trinajstić information content (AvgIpc) is 3.28. The molecule has 0 aromatic carbocycles. The molecule has 0 spiro atoms. The molecule has 3 rings (SSSR count). The van der Waals surface area contributed by atoms with Crippen LogP contribution in [0.3, 0.4) is 0 Å². The highest BCUT2D eigenvalue weighted by Crippen LogP contribution is 2.15. The van der Waals surface area contributed by atoms with Crippen LogP contribution in [0.15, 0.2) is 0 Å². The van der Waals surface area contributed by atoms with Gasteiger partial charge in [0.15, 0.2) is 0 Å². The molecule has 18 heavy (non-hydrogen) atoms. The Labute approximate surface area is 111 Å². The minimum atomic E-state index is 0.392. The van der Waals surface area contributed by atoms with E-state index in [2.05, 4.69) is 4.74 Å². The summed E-state index contributed by atoms with van der Waals surface area (Å²) in [5, 5.41) is 0. The van der Waals surface area contributed by atoms with E-state index in [1.54, 1.807) is 14.2 Å². The van der Waals surface area contributed by atoms with Crippen molar-refractivity contribution in [3.05, 3.63) is 0 Å². The highest BCUT2D eigenvalue weighted by Gasteiger charge is 2.26. The van der Waals surface area contributed by atoms with Crippen LogP contribution in [-0.4, -0.2) is 52.9 Å². The molecule has 0 radical (unpaired) electrons. The van der Waals surface area contributed by atoms with Gasteiger partial charge in [-0.05, 0) is 0 Å². The van der Waals surface area contributed by atoms with Crippen molar-refractivity contribution < 1.29 is 18.9 Å². The zero-order valence-corrected chi connectivity index (χ0v) is 11.9. The van der Waals surface area contributed by atoms with Gasteiger partial charge in [0.25, 0.3) is 0 Å². The van der Waals surface area contributed by atoms with E-state index in [1.165, 1.54) is 38.5 Å². The smallest absolute Gasteiger partial charge is 0.104 e. The Kier molecular flexibility index (Phi) is 9.48. The Morgan fingerprint density at radius 2 is 1.06 bits per heavy atom. The van der Waals surface area contributed by atoms with Gasteiger partial charge in [-0.25, -0.2) is 0 Å². The SMILES string of the molecule is C(OCC1CO1)C1CO1.C1CCCCC1.COC. The summed E-state index contributed by atoms with van der Waals surface area (Å²) >= 11 is 0. The Morgan fingerprint density at radius 1 is 0.778 bits per heavy atom. The second-order valence-electron chi connectivity index (χ2n) is 4.98. The van der Waals surface area contributed by atoms with E-state index in [0.717, 1.165) is 26.4 Å². The second-order valence-corrected chi connectivity index (χ2v) is 4.98. The minimum absolute atomic E-state index is 0.392.